The van der Waals surface area contributed by atoms with Crippen LogP contribution in [0.15, 0.2) is 46.6 Å². The van der Waals surface area contributed by atoms with Gasteiger partial charge in [0, 0.05) is 0 Å². The first-order valence-electron chi connectivity index (χ1n) is 8.11. The molecule has 0 atom stereocenters. The van der Waals surface area contributed by atoms with Crippen molar-refractivity contribution in [2.75, 3.05) is 6.61 Å². The molecule has 0 aliphatic rings. The number of ether oxygens (including phenoxy) is 1. The molecule has 0 fully saturated rings. The second-order valence-corrected chi connectivity index (χ2v) is 3.78. The zero-order chi connectivity index (χ0) is 17.0. The lowest BCUT2D eigenvalue weighted by atomic mass is 10.2. The molecule has 1 heterocycles. The molecule has 0 radical (unpaired) electrons. The molecule has 22 heavy (non-hydrogen) atoms. The van der Waals surface area contributed by atoms with Gasteiger partial charge in [0.15, 0.2) is 5.58 Å². The van der Waals surface area contributed by atoms with E-state index in [0.29, 0.717) is 12.5 Å². The fraction of sp³-hybridized carbons (Fsp3) is 0.421. The topological polar surface area (TPSA) is 35.3 Å². The number of nitrogens with zero attached hydrogens (tertiary/aromatic N) is 1. The molecule has 0 spiro atoms. The molecule has 3 nitrogen and oxygen atoms in total. The first-order chi connectivity index (χ1) is 10.8. The Bertz CT molecular complexity index is 561. The van der Waals surface area contributed by atoms with Crippen LogP contribution in [0.5, 0.6) is 0 Å². The van der Waals surface area contributed by atoms with Crippen molar-refractivity contribution >= 4 is 16.7 Å². The Morgan fingerprint density at radius 1 is 1.09 bits per heavy atom. The molecule has 0 unspecified atom stereocenters. The average molecular weight is 303 g/mol. The lowest BCUT2D eigenvalue weighted by Gasteiger charge is -2.08. The van der Waals surface area contributed by atoms with Crippen molar-refractivity contribution in [1.82, 2.24) is 4.98 Å². The quantitative estimate of drug-likeness (QED) is 0.496. The summed E-state index contributed by atoms with van der Waals surface area (Å²) < 4.78 is 11.3. The molecule has 2 rings (SSSR count). The minimum Gasteiger partial charge on any atom is -0.493 e. The first kappa shape index (κ1) is 20.0. The van der Waals surface area contributed by atoms with E-state index in [2.05, 4.69) is 4.98 Å². The molecule has 0 aliphatic carbocycles. The summed E-state index contributed by atoms with van der Waals surface area (Å²) in [6.07, 6.45) is 3.88. The van der Waals surface area contributed by atoms with Crippen molar-refractivity contribution in [3.05, 3.63) is 48.1 Å². The number of hydrogen-bond donors (Lipinski definition) is 0. The normalized spacial score (nSPS) is 11.2. The highest BCUT2D eigenvalue weighted by atomic mass is 16.5. The lowest BCUT2D eigenvalue weighted by molar-refractivity contribution is 0.244. The molecule has 0 bridgehead atoms. The number of allylic oxidation sites excluding steroid dienone is 3. The Labute approximate surface area is 134 Å². The molecule has 0 saturated carbocycles. The minimum absolute atomic E-state index is 0.597. The predicted octanol–water partition coefficient (Wildman–Crippen LogP) is 6.22. The van der Waals surface area contributed by atoms with Gasteiger partial charge in [-0.3, -0.25) is 0 Å². The number of hydrogen-bond acceptors (Lipinski definition) is 3. The van der Waals surface area contributed by atoms with E-state index < -0.39 is 0 Å². The third-order valence-corrected chi connectivity index (χ3v) is 2.64. The first-order valence-corrected chi connectivity index (χ1v) is 8.11. The maximum Gasteiger partial charge on any atom is 0.230 e. The second kappa shape index (κ2) is 11.6. The predicted molar refractivity (Wildman–Crippen MR) is 95.7 cm³/mol. The number of benzene rings is 1. The van der Waals surface area contributed by atoms with E-state index in [1.54, 1.807) is 0 Å². The highest BCUT2D eigenvalue weighted by molar-refractivity contribution is 5.79. The third-order valence-electron chi connectivity index (χ3n) is 2.64. The molecule has 0 aliphatic heterocycles. The van der Waals surface area contributed by atoms with E-state index >= 15 is 0 Å². The van der Waals surface area contributed by atoms with Gasteiger partial charge >= 0.3 is 0 Å². The summed E-state index contributed by atoms with van der Waals surface area (Å²) in [5.74, 6) is 1.40. The summed E-state index contributed by atoms with van der Waals surface area (Å²) in [7, 11) is 0. The fourth-order valence-corrected chi connectivity index (χ4v) is 1.83. The highest BCUT2D eigenvalue weighted by Crippen LogP contribution is 2.26. The lowest BCUT2D eigenvalue weighted by Crippen LogP contribution is -1.95. The Morgan fingerprint density at radius 3 is 2.23 bits per heavy atom. The molecule has 0 saturated heterocycles. The number of fused-ring (bicyclic) bond motifs is 1. The van der Waals surface area contributed by atoms with Gasteiger partial charge in [0.1, 0.15) is 11.3 Å². The molecule has 2 aromatic rings. The molecule has 122 valence electrons. The van der Waals surface area contributed by atoms with Gasteiger partial charge in [0.2, 0.25) is 5.89 Å². The van der Waals surface area contributed by atoms with Gasteiger partial charge in [-0.1, -0.05) is 45.9 Å². The van der Waals surface area contributed by atoms with E-state index in [4.69, 9.17) is 9.15 Å². The van der Waals surface area contributed by atoms with Gasteiger partial charge in [-0.15, -0.1) is 0 Å². The van der Waals surface area contributed by atoms with Crippen LogP contribution < -0.4 is 0 Å². The van der Waals surface area contributed by atoms with Gasteiger partial charge in [-0.25, -0.2) is 4.98 Å². The van der Waals surface area contributed by atoms with Crippen molar-refractivity contribution in [1.29, 1.82) is 0 Å². The van der Waals surface area contributed by atoms with Crippen LogP contribution in [0, 0.1) is 0 Å². The van der Waals surface area contributed by atoms with Crippen LogP contribution >= 0.6 is 0 Å². The zero-order valence-corrected chi connectivity index (χ0v) is 14.9. The maximum atomic E-state index is 5.75. The van der Waals surface area contributed by atoms with Crippen LogP contribution in [-0.4, -0.2) is 11.6 Å². The Hall–Kier alpha value is -2.03. The molecule has 0 amide bonds. The second-order valence-electron chi connectivity index (χ2n) is 3.78. The number of rotatable bonds is 4. The summed E-state index contributed by atoms with van der Waals surface area (Å²) in [6.45, 7) is 14.5. The van der Waals surface area contributed by atoms with Gasteiger partial charge in [-0.05, 0) is 39.0 Å². The van der Waals surface area contributed by atoms with Crippen LogP contribution in [0.2, 0.25) is 0 Å². The Balaban J connectivity index is 0.00000102. The Kier molecular flexibility index (Phi) is 10.5. The highest BCUT2D eigenvalue weighted by Gasteiger charge is 2.14. The monoisotopic (exact) mass is 303 g/mol. The molecular formula is C19H29NO2. The SMILES string of the molecule is C/C=C(OCC)\C(=C/C)c1nc2ccccc2o1.CC.CC. The van der Waals surface area contributed by atoms with Crippen LogP contribution in [0.3, 0.4) is 0 Å². The van der Waals surface area contributed by atoms with Crippen molar-refractivity contribution in [2.24, 2.45) is 0 Å². The van der Waals surface area contributed by atoms with E-state index in [1.807, 2.05) is 84.9 Å². The van der Waals surface area contributed by atoms with E-state index in [9.17, 15) is 0 Å². The standard InChI is InChI=1S/C15H17NO2.2C2H6/c1-4-11(13(5-2)17-6-3)15-16-12-9-7-8-10-14(12)18-15;2*1-2/h4-5,7-10H,6H2,1-3H3;2*1-2H3/b11-4+,13-5+;;. The average Bonchev–Trinajstić information content (AvgIpc) is 3.02. The van der Waals surface area contributed by atoms with E-state index in [1.165, 1.54) is 0 Å². The molecular weight excluding hydrogens is 274 g/mol. The maximum absolute atomic E-state index is 5.75. The van der Waals surface area contributed by atoms with Crippen molar-refractivity contribution < 1.29 is 9.15 Å². The van der Waals surface area contributed by atoms with Gasteiger partial charge < -0.3 is 9.15 Å². The van der Waals surface area contributed by atoms with Crippen molar-refractivity contribution in [3.63, 3.8) is 0 Å². The van der Waals surface area contributed by atoms with E-state index in [-0.39, 0.29) is 0 Å². The smallest absolute Gasteiger partial charge is 0.230 e. The zero-order valence-electron chi connectivity index (χ0n) is 14.9. The minimum atomic E-state index is 0.597. The van der Waals surface area contributed by atoms with Crippen LogP contribution in [0.25, 0.3) is 16.7 Å². The van der Waals surface area contributed by atoms with Crippen molar-refractivity contribution in [3.8, 4) is 0 Å². The van der Waals surface area contributed by atoms with Crippen LogP contribution in [0.4, 0.5) is 0 Å². The largest absolute Gasteiger partial charge is 0.493 e. The summed E-state index contributed by atoms with van der Waals surface area (Å²) in [5, 5.41) is 0. The Morgan fingerprint density at radius 2 is 1.73 bits per heavy atom. The fourth-order valence-electron chi connectivity index (χ4n) is 1.83. The summed E-state index contributed by atoms with van der Waals surface area (Å²) in [6, 6.07) is 7.73. The molecule has 1 aromatic carbocycles. The van der Waals surface area contributed by atoms with Gasteiger partial charge in [0.05, 0.1) is 12.2 Å². The van der Waals surface area contributed by atoms with E-state index in [0.717, 1.165) is 22.4 Å². The van der Waals surface area contributed by atoms with Gasteiger partial charge in [0.25, 0.3) is 0 Å². The third kappa shape index (κ3) is 5.06. The number of aromatic nitrogens is 1. The molecule has 0 N–H and O–H groups in total. The summed E-state index contributed by atoms with van der Waals surface area (Å²) >= 11 is 0. The van der Waals surface area contributed by atoms with Crippen LogP contribution in [0.1, 0.15) is 54.4 Å². The summed E-state index contributed by atoms with van der Waals surface area (Å²) in [5.41, 5.74) is 2.54. The van der Waals surface area contributed by atoms with Gasteiger partial charge in [-0.2, -0.15) is 0 Å². The number of oxazole rings is 1. The molecule has 3 heteroatoms. The molecule has 1 aromatic heterocycles. The summed E-state index contributed by atoms with van der Waals surface area (Å²) in [4.78, 5) is 4.48. The van der Waals surface area contributed by atoms with Crippen LogP contribution in [-0.2, 0) is 4.74 Å². The number of para-hydroxylation sites is 2. The van der Waals surface area contributed by atoms with Crippen molar-refractivity contribution in [2.45, 2.75) is 48.5 Å².